The summed E-state index contributed by atoms with van der Waals surface area (Å²) >= 11 is 0. The molecule has 112 valence electrons. The average Bonchev–Trinajstić information content (AvgIpc) is 2.89. The molecule has 7 heteroatoms. The maximum atomic E-state index is 11.1. The predicted octanol–water partition coefficient (Wildman–Crippen LogP) is 2.44. The summed E-state index contributed by atoms with van der Waals surface area (Å²) in [6.45, 7) is 2.62. The number of oxazole rings is 1. The molecule has 21 heavy (non-hydrogen) atoms. The molecule has 0 saturated carbocycles. The van der Waals surface area contributed by atoms with Gasteiger partial charge in [0.1, 0.15) is 0 Å². The van der Waals surface area contributed by atoms with Crippen LogP contribution in [0.25, 0.3) is 11.1 Å². The summed E-state index contributed by atoms with van der Waals surface area (Å²) in [5.41, 5.74) is 6.55. The number of benzene rings is 1. The van der Waals surface area contributed by atoms with E-state index < -0.39 is 4.92 Å². The van der Waals surface area contributed by atoms with Crippen LogP contribution in [0.15, 0.2) is 22.6 Å². The molecule has 1 fully saturated rings. The zero-order chi connectivity index (χ0) is 15.0. The van der Waals surface area contributed by atoms with Gasteiger partial charge in [0.05, 0.1) is 4.92 Å². The van der Waals surface area contributed by atoms with E-state index in [2.05, 4.69) is 16.8 Å². The van der Waals surface area contributed by atoms with Gasteiger partial charge in [0, 0.05) is 24.7 Å². The van der Waals surface area contributed by atoms with Crippen molar-refractivity contribution in [2.75, 3.05) is 11.4 Å². The number of fused-ring (bicyclic) bond motifs is 1. The summed E-state index contributed by atoms with van der Waals surface area (Å²) in [6, 6.07) is 5.61. The minimum atomic E-state index is -0.436. The van der Waals surface area contributed by atoms with Crippen molar-refractivity contribution in [2.24, 2.45) is 5.73 Å². The first-order chi connectivity index (χ1) is 10.1. The monoisotopic (exact) mass is 290 g/mol. The molecule has 3 rings (SSSR count). The first-order valence-corrected chi connectivity index (χ1v) is 7.14. The van der Waals surface area contributed by atoms with Crippen molar-refractivity contribution in [2.45, 2.75) is 38.3 Å². The van der Waals surface area contributed by atoms with Crippen LogP contribution in [0.1, 0.15) is 26.2 Å². The first-order valence-electron chi connectivity index (χ1n) is 7.14. The number of nitro groups is 1. The minimum Gasteiger partial charge on any atom is -0.423 e. The highest BCUT2D eigenvalue weighted by atomic mass is 16.6. The van der Waals surface area contributed by atoms with Crippen molar-refractivity contribution in [1.29, 1.82) is 0 Å². The summed E-state index contributed by atoms with van der Waals surface area (Å²) in [5, 5.41) is 11.1. The fourth-order valence-electron chi connectivity index (χ4n) is 3.04. The Kier molecular flexibility index (Phi) is 3.50. The van der Waals surface area contributed by atoms with E-state index in [1.54, 1.807) is 12.1 Å². The van der Waals surface area contributed by atoms with Crippen molar-refractivity contribution in [3.8, 4) is 0 Å². The third-order valence-corrected chi connectivity index (χ3v) is 4.10. The van der Waals surface area contributed by atoms with E-state index in [0.717, 1.165) is 19.3 Å². The van der Waals surface area contributed by atoms with Crippen LogP contribution >= 0.6 is 0 Å². The van der Waals surface area contributed by atoms with Crippen LogP contribution in [-0.4, -0.2) is 28.5 Å². The molecule has 0 aliphatic carbocycles. The second-order valence-electron chi connectivity index (χ2n) is 5.45. The number of nitrogens with zero attached hydrogens (tertiary/aromatic N) is 3. The topological polar surface area (TPSA) is 98.4 Å². The number of non-ortho nitro benzene ring substituents is 1. The number of para-hydroxylation sites is 1. The smallest absolute Gasteiger partial charge is 0.299 e. The van der Waals surface area contributed by atoms with Gasteiger partial charge in [-0.15, -0.1) is 0 Å². The highest BCUT2D eigenvalue weighted by Gasteiger charge is 2.31. The zero-order valence-electron chi connectivity index (χ0n) is 11.9. The van der Waals surface area contributed by atoms with Crippen LogP contribution in [0.5, 0.6) is 0 Å². The Hall–Kier alpha value is -2.15. The lowest BCUT2D eigenvalue weighted by molar-refractivity contribution is -0.383. The molecular formula is C14H18N4O3. The molecule has 2 aromatic rings. The second kappa shape index (κ2) is 5.33. The van der Waals surface area contributed by atoms with Crippen molar-refractivity contribution < 1.29 is 9.34 Å². The van der Waals surface area contributed by atoms with E-state index >= 15 is 0 Å². The maximum Gasteiger partial charge on any atom is 0.299 e. The summed E-state index contributed by atoms with van der Waals surface area (Å²) in [4.78, 5) is 17.1. The van der Waals surface area contributed by atoms with Crippen LogP contribution in [0.4, 0.5) is 11.7 Å². The Bertz CT molecular complexity index is 669. The molecule has 1 aromatic heterocycles. The van der Waals surface area contributed by atoms with Gasteiger partial charge in [0.25, 0.3) is 11.7 Å². The van der Waals surface area contributed by atoms with Crippen molar-refractivity contribution in [1.82, 2.24) is 4.98 Å². The van der Waals surface area contributed by atoms with Crippen LogP contribution in [0.3, 0.4) is 0 Å². The summed E-state index contributed by atoms with van der Waals surface area (Å²) in [5.74, 6) is 0. The van der Waals surface area contributed by atoms with Gasteiger partial charge < -0.3 is 15.1 Å². The standard InChI is InChI=1S/C14H18N4O3/c1-9-4-2-5-10(8-15)17(9)14-16-13-11(18(19)20)6-3-7-12(13)21-14/h3,6-7,9-10H,2,4-5,8,15H2,1H3. The van der Waals surface area contributed by atoms with E-state index in [1.165, 1.54) is 6.07 Å². The lowest BCUT2D eigenvalue weighted by Gasteiger charge is -2.39. The normalized spacial score (nSPS) is 22.7. The first kappa shape index (κ1) is 13.8. The molecule has 1 aliphatic heterocycles. The van der Waals surface area contributed by atoms with E-state index in [4.69, 9.17) is 10.2 Å². The van der Waals surface area contributed by atoms with Crippen LogP contribution in [0, 0.1) is 10.1 Å². The Morgan fingerprint density at radius 1 is 1.52 bits per heavy atom. The molecule has 2 unspecified atom stereocenters. The average molecular weight is 290 g/mol. The molecule has 7 nitrogen and oxygen atoms in total. The molecule has 0 spiro atoms. The number of aromatic nitrogens is 1. The van der Waals surface area contributed by atoms with Crippen LogP contribution in [0.2, 0.25) is 0 Å². The van der Waals surface area contributed by atoms with Gasteiger partial charge in [0.2, 0.25) is 0 Å². The molecule has 1 saturated heterocycles. The lowest BCUT2D eigenvalue weighted by atomic mass is 9.97. The highest BCUT2D eigenvalue weighted by Crippen LogP contribution is 2.33. The van der Waals surface area contributed by atoms with Crippen LogP contribution < -0.4 is 10.6 Å². The number of nitrogens with two attached hydrogens (primary N) is 1. The molecular weight excluding hydrogens is 272 g/mol. The second-order valence-corrected chi connectivity index (χ2v) is 5.45. The molecule has 0 bridgehead atoms. The number of hydrogen-bond donors (Lipinski definition) is 1. The van der Waals surface area contributed by atoms with E-state index in [0.29, 0.717) is 23.7 Å². The quantitative estimate of drug-likeness (QED) is 0.688. The SMILES string of the molecule is CC1CCCC(CN)N1c1nc2c([N+](=O)[O-])cccc2o1. The van der Waals surface area contributed by atoms with E-state index in [9.17, 15) is 10.1 Å². The Labute approximate surface area is 121 Å². The van der Waals surface area contributed by atoms with Gasteiger partial charge in [-0.3, -0.25) is 10.1 Å². The van der Waals surface area contributed by atoms with E-state index in [1.807, 2.05) is 0 Å². The number of hydrogen-bond acceptors (Lipinski definition) is 6. The Balaban J connectivity index is 2.07. The summed E-state index contributed by atoms with van der Waals surface area (Å²) in [6.07, 6.45) is 3.15. The number of nitro benzene ring substituents is 1. The highest BCUT2D eigenvalue weighted by molar-refractivity contribution is 5.84. The summed E-state index contributed by atoms with van der Waals surface area (Å²) < 4.78 is 5.76. The summed E-state index contributed by atoms with van der Waals surface area (Å²) in [7, 11) is 0. The van der Waals surface area contributed by atoms with Crippen molar-refractivity contribution in [3.63, 3.8) is 0 Å². The fraction of sp³-hybridized carbons (Fsp3) is 0.500. The molecule has 1 aliphatic rings. The molecule has 0 amide bonds. The molecule has 1 aromatic carbocycles. The van der Waals surface area contributed by atoms with Gasteiger partial charge in [-0.05, 0) is 32.3 Å². The Morgan fingerprint density at radius 2 is 2.33 bits per heavy atom. The largest absolute Gasteiger partial charge is 0.423 e. The minimum absolute atomic E-state index is 0.0311. The van der Waals surface area contributed by atoms with Gasteiger partial charge in [-0.1, -0.05) is 6.07 Å². The lowest BCUT2D eigenvalue weighted by Crippen LogP contribution is -2.49. The van der Waals surface area contributed by atoms with Gasteiger partial charge in [0.15, 0.2) is 11.1 Å². The number of anilines is 1. The third-order valence-electron chi connectivity index (χ3n) is 4.10. The van der Waals surface area contributed by atoms with Crippen molar-refractivity contribution >= 4 is 22.8 Å². The zero-order valence-corrected chi connectivity index (χ0v) is 11.9. The van der Waals surface area contributed by atoms with Gasteiger partial charge in [-0.25, -0.2) is 0 Å². The van der Waals surface area contributed by atoms with Crippen molar-refractivity contribution in [3.05, 3.63) is 28.3 Å². The maximum absolute atomic E-state index is 11.1. The fourth-order valence-corrected chi connectivity index (χ4v) is 3.04. The van der Waals surface area contributed by atoms with Gasteiger partial charge >= 0.3 is 0 Å². The molecule has 2 atom stereocenters. The van der Waals surface area contributed by atoms with Crippen LogP contribution in [-0.2, 0) is 0 Å². The number of piperidine rings is 1. The Morgan fingerprint density at radius 3 is 3.05 bits per heavy atom. The third kappa shape index (κ3) is 2.33. The molecule has 2 N–H and O–H groups in total. The predicted molar refractivity (Wildman–Crippen MR) is 79.3 cm³/mol. The number of rotatable bonds is 3. The van der Waals surface area contributed by atoms with Gasteiger partial charge in [-0.2, -0.15) is 4.98 Å². The molecule has 2 heterocycles. The van der Waals surface area contributed by atoms with E-state index in [-0.39, 0.29) is 17.8 Å². The molecule has 0 radical (unpaired) electrons.